The summed E-state index contributed by atoms with van der Waals surface area (Å²) in [6, 6.07) is 6.87. The van der Waals surface area contributed by atoms with Gasteiger partial charge >= 0.3 is 0 Å². The second-order valence-corrected chi connectivity index (χ2v) is 6.39. The number of hydrogen-bond donors (Lipinski definition) is 0. The van der Waals surface area contributed by atoms with Crippen LogP contribution in [0.3, 0.4) is 0 Å². The van der Waals surface area contributed by atoms with E-state index >= 15 is 0 Å². The van der Waals surface area contributed by atoms with Crippen molar-refractivity contribution in [1.82, 2.24) is 14.8 Å². The van der Waals surface area contributed by atoms with Crippen LogP contribution < -0.4 is 0 Å². The maximum atomic E-state index is 11.3. The van der Waals surface area contributed by atoms with Crippen LogP contribution in [-0.4, -0.2) is 23.2 Å². The van der Waals surface area contributed by atoms with Crippen LogP contribution >= 0.6 is 22.3 Å². The molecule has 0 aliphatic rings. The summed E-state index contributed by atoms with van der Waals surface area (Å²) >= 11 is 5.79. The average molecular weight is 306 g/mol. The van der Waals surface area contributed by atoms with Crippen molar-refractivity contribution >= 4 is 31.3 Å². The molecule has 0 saturated heterocycles. The zero-order valence-corrected chi connectivity index (χ0v) is 11.7. The van der Waals surface area contributed by atoms with Gasteiger partial charge in [-0.3, -0.25) is 4.57 Å². The molecule has 0 atom stereocenters. The van der Waals surface area contributed by atoms with Crippen molar-refractivity contribution in [3.8, 4) is 11.4 Å². The van der Waals surface area contributed by atoms with E-state index < -0.39 is 9.05 Å². The van der Waals surface area contributed by atoms with Crippen LogP contribution in [0.15, 0.2) is 29.4 Å². The minimum Gasteiger partial charge on any atom is -0.297 e. The average Bonchev–Trinajstić information content (AvgIpc) is 2.73. The van der Waals surface area contributed by atoms with Crippen LogP contribution in [0.5, 0.6) is 0 Å². The predicted molar refractivity (Wildman–Crippen MR) is 69.2 cm³/mol. The summed E-state index contributed by atoms with van der Waals surface area (Å²) in [4.78, 5) is 0. The predicted octanol–water partition coefficient (Wildman–Crippen LogP) is 2.55. The first-order valence-corrected chi connectivity index (χ1v) is 7.76. The Morgan fingerprint density at radius 3 is 2.33 bits per heavy atom. The molecule has 1 aromatic heterocycles. The monoisotopic (exact) mass is 305 g/mol. The van der Waals surface area contributed by atoms with E-state index in [-0.39, 0.29) is 5.16 Å². The van der Waals surface area contributed by atoms with Crippen LogP contribution in [0.4, 0.5) is 0 Å². The molecule has 0 fully saturated rings. The molecule has 96 valence electrons. The van der Waals surface area contributed by atoms with E-state index in [2.05, 4.69) is 10.2 Å². The van der Waals surface area contributed by atoms with Crippen molar-refractivity contribution in [2.75, 3.05) is 0 Å². The van der Waals surface area contributed by atoms with E-state index in [4.69, 9.17) is 22.3 Å². The molecule has 0 amide bonds. The van der Waals surface area contributed by atoms with Gasteiger partial charge in [-0.05, 0) is 31.2 Å². The third kappa shape index (κ3) is 2.50. The number of nitrogens with zero attached hydrogens (tertiary/aromatic N) is 3. The fraction of sp³-hybridized carbons (Fsp3) is 0.200. The summed E-state index contributed by atoms with van der Waals surface area (Å²) in [7, 11) is 1.39. The molecule has 0 N–H and O–H groups in total. The highest BCUT2D eigenvalue weighted by Crippen LogP contribution is 2.23. The van der Waals surface area contributed by atoms with Crippen LogP contribution in [0.2, 0.25) is 5.02 Å². The molecule has 8 heteroatoms. The van der Waals surface area contributed by atoms with Crippen molar-refractivity contribution in [3.63, 3.8) is 0 Å². The zero-order chi connectivity index (χ0) is 13.3. The van der Waals surface area contributed by atoms with Gasteiger partial charge < -0.3 is 0 Å². The number of rotatable bonds is 3. The molecule has 0 unspecified atom stereocenters. The second-order valence-electron chi connectivity index (χ2n) is 3.50. The molecule has 2 aromatic rings. The summed E-state index contributed by atoms with van der Waals surface area (Å²) in [6.07, 6.45) is 0. The lowest BCUT2D eigenvalue weighted by atomic mass is 10.2. The smallest absolute Gasteiger partial charge is 0.296 e. The summed E-state index contributed by atoms with van der Waals surface area (Å²) in [5.74, 6) is 0.438. The third-order valence-corrected chi connectivity index (χ3v) is 3.76. The lowest BCUT2D eigenvalue weighted by Gasteiger charge is -2.05. The molecule has 0 saturated carbocycles. The fourth-order valence-corrected chi connectivity index (χ4v) is 2.65. The Hall–Kier alpha value is -1.11. The van der Waals surface area contributed by atoms with Crippen molar-refractivity contribution in [2.45, 2.75) is 18.6 Å². The minimum absolute atomic E-state index is 0.253. The standard InChI is InChI=1S/C10H9Cl2N3O2S/c1-2-15-9(7-3-5-8(11)6-4-7)13-14-10(15)18(12,16)17/h3-6H,2H2,1H3. The highest BCUT2D eigenvalue weighted by Gasteiger charge is 2.22. The highest BCUT2D eigenvalue weighted by molar-refractivity contribution is 8.13. The molecular weight excluding hydrogens is 297 g/mol. The lowest BCUT2D eigenvalue weighted by molar-refractivity contribution is 0.583. The topological polar surface area (TPSA) is 64.8 Å². The molecule has 0 aliphatic carbocycles. The van der Waals surface area contributed by atoms with E-state index in [0.717, 1.165) is 5.56 Å². The van der Waals surface area contributed by atoms with Crippen LogP contribution in [0.25, 0.3) is 11.4 Å². The maximum Gasteiger partial charge on any atom is 0.296 e. The first kappa shape index (κ1) is 13.3. The van der Waals surface area contributed by atoms with Gasteiger partial charge in [-0.15, -0.1) is 10.2 Å². The normalized spacial score (nSPS) is 11.7. The molecule has 2 rings (SSSR count). The van der Waals surface area contributed by atoms with Crippen molar-refractivity contribution in [3.05, 3.63) is 29.3 Å². The molecule has 0 spiro atoms. The number of hydrogen-bond acceptors (Lipinski definition) is 4. The molecule has 5 nitrogen and oxygen atoms in total. The molecule has 0 radical (unpaired) electrons. The summed E-state index contributed by atoms with van der Waals surface area (Å²) < 4.78 is 24.1. The minimum atomic E-state index is -3.91. The van der Waals surface area contributed by atoms with Crippen molar-refractivity contribution in [2.24, 2.45) is 0 Å². The van der Waals surface area contributed by atoms with E-state index in [9.17, 15) is 8.42 Å². The highest BCUT2D eigenvalue weighted by atomic mass is 35.7. The fourth-order valence-electron chi connectivity index (χ4n) is 1.57. The van der Waals surface area contributed by atoms with Gasteiger partial charge in [0.15, 0.2) is 5.82 Å². The molecule has 18 heavy (non-hydrogen) atoms. The summed E-state index contributed by atoms with van der Waals surface area (Å²) in [5, 5.41) is 7.81. The van der Waals surface area contributed by atoms with Gasteiger partial charge in [0.2, 0.25) is 0 Å². The van der Waals surface area contributed by atoms with Crippen molar-refractivity contribution in [1.29, 1.82) is 0 Å². The Morgan fingerprint density at radius 2 is 1.83 bits per heavy atom. The maximum absolute atomic E-state index is 11.3. The molecule has 0 aliphatic heterocycles. The van der Waals surface area contributed by atoms with Gasteiger partial charge in [0, 0.05) is 27.8 Å². The van der Waals surface area contributed by atoms with Gasteiger partial charge in [-0.25, -0.2) is 8.42 Å². The summed E-state index contributed by atoms with van der Waals surface area (Å²) in [5.41, 5.74) is 0.723. The first-order valence-electron chi connectivity index (χ1n) is 5.07. The van der Waals surface area contributed by atoms with Gasteiger partial charge in [0.1, 0.15) is 0 Å². The molecule has 0 bridgehead atoms. The quantitative estimate of drug-likeness (QED) is 0.817. The second kappa shape index (κ2) is 4.87. The van der Waals surface area contributed by atoms with Crippen LogP contribution in [0.1, 0.15) is 6.92 Å². The number of aromatic nitrogens is 3. The SMILES string of the molecule is CCn1c(-c2ccc(Cl)cc2)nnc1S(=O)(=O)Cl. The van der Waals surface area contributed by atoms with Gasteiger partial charge in [0.25, 0.3) is 14.2 Å². The Morgan fingerprint density at radius 1 is 1.22 bits per heavy atom. The van der Waals surface area contributed by atoms with E-state index in [1.165, 1.54) is 4.57 Å². The Labute approximate surface area is 114 Å². The van der Waals surface area contributed by atoms with E-state index in [1.807, 2.05) is 0 Å². The molecule has 1 aromatic carbocycles. The van der Waals surface area contributed by atoms with Crippen LogP contribution in [0, 0.1) is 0 Å². The molecular formula is C10H9Cl2N3O2S. The van der Waals surface area contributed by atoms with Gasteiger partial charge in [-0.1, -0.05) is 11.6 Å². The first-order chi connectivity index (χ1) is 8.43. The van der Waals surface area contributed by atoms with E-state index in [1.54, 1.807) is 31.2 Å². The zero-order valence-electron chi connectivity index (χ0n) is 9.34. The lowest BCUT2D eigenvalue weighted by Crippen LogP contribution is -2.06. The third-order valence-electron chi connectivity index (χ3n) is 2.35. The van der Waals surface area contributed by atoms with Crippen molar-refractivity contribution < 1.29 is 8.42 Å². The Bertz CT molecular complexity index is 665. The largest absolute Gasteiger partial charge is 0.297 e. The van der Waals surface area contributed by atoms with E-state index in [0.29, 0.717) is 17.4 Å². The molecule has 1 heterocycles. The number of benzene rings is 1. The number of halogens is 2. The Kier molecular flexibility index (Phi) is 3.61. The van der Waals surface area contributed by atoms with Gasteiger partial charge in [-0.2, -0.15) is 0 Å². The van der Waals surface area contributed by atoms with Gasteiger partial charge in [0.05, 0.1) is 0 Å². The Balaban J connectivity index is 2.59. The summed E-state index contributed by atoms with van der Waals surface area (Å²) in [6.45, 7) is 2.18. The van der Waals surface area contributed by atoms with Crippen LogP contribution in [-0.2, 0) is 15.6 Å².